The van der Waals surface area contributed by atoms with Crippen molar-refractivity contribution in [2.75, 3.05) is 26.2 Å². The van der Waals surface area contributed by atoms with Gasteiger partial charge in [0.2, 0.25) is 5.91 Å². The van der Waals surface area contributed by atoms with Crippen LogP contribution in [0.3, 0.4) is 0 Å². The molecule has 0 saturated carbocycles. The van der Waals surface area contributed by atoms with Crippen LogP contribution >= 0.6 is 15.9 Å². The summed E-state index contributed by atoms with van der Waals surface area (Å²) in [6.07, 6.45) is 3.98. The van der Waals surface area contributed by atoms with Crippen LogP contribution in [0.4, 0.5) is 0 Å². The molecule has 21 heavy (non-hydrogen) atoms. The number of piperidine rings is 1. The lowest BCUT2D eigenvalue weighted by atomic mass is 9.98. The van der Waals surface area contributed by atoms with E-state index in [9.17, 15) is 4.79 Å². The van der Waals surface area contributed by atoms with Crippen molar-refractivity contribution in [2.45, 2.75) is 32.6 Å². The molecule has 4 heteroatoms. The Hall–Kier alpha value is -0.870. The molecule has 1 heterocycles. The third-order valence-electron chi connectivity index (χ3n) is 3.97. The minimum Gasteiger partial charge on any atom is -0.342 e. The van der Waals surface area contributed by atoms with E-state index < -0.39 is 0 Å². The SMILES string of the molecule is CCCN(CC1CCCNC1)C(=O)Cc1cccc(Br)c1. The average Bonchev–Trinajstić information content (AvgIpc) is 2.48. The molecule has 1 aliphatic rings. The summed E-state index contributed by atoms with van der Waals surface area (Å²) in [5, 5.41) is 3.43. The van der Waals surface area contributed by atoms with Gasteiger partial charge in [-0.15, -0.1) is 0 Å². The van der Waals surface area contributed by atoms with Gasteiger partial charge in [0, 0.05) is 17.6 Å². The fourth-order valence-corrected chi connectivity index (χ4v) is 3.36. The highest BCUT2D eigenvalue weighted by atomic mass is 79.9. The first kappa shape index (κ1) is 16.5. The Balaban J connectivity index is 1.94. The normalized spacial score (nSPS) is 18.5. The van der Waals surface area contributed by atoms with E-state index in [2.05, 4.69) is 33.1 Å². The number of benzene rings is 1. The highest BCUT2D eigenvalue weighted by Crippen LogP contribution is 2.15. The van der Waals surface area contributed by atoms with Crippen molar-refractivity contribution in [3.63, 3.8) is 0 Å². The summed E-state index contributed by atoms with van der Waals surface area (Å²) in [6, 6.07) is 8.03. The van der Waals surface area contributed by atoms with Crippen LogP contribution in [-0.2, 0) is 11.2 Å². The van der Waals surface area contributed by atoms with Crippen molar-refractivity contribution < 1.29 is 4.79 Å². The zero-order valence-corrected chi connectivity index (χ0v) is 14.4. The Morgan fingerprint density at radius 2 is 2.33 bits per heavy atom. The molecule has 0 aliphatic carbocycles. The van der Waals surface area contributed by atoms with Gasteiger partial charge in [0.1, 0.15) is 0 Å². The number of rotatable bonds is 6. The van der Waals surface area contributed by atoms with Crippen LogP contribution in [0, 0.1) is 5.92 Å². The lowest BCUT2D eigenvalue weighted by Gasteiger charge is -2.30. The molecule has 2 rings (SSSR count). The largest absolute Gasteiger partial charge is 0.342 e. The summed E-state index contributed by atoms with van der Waals surface area (Å²) in [7, 11) is 0. The maximum atomic E-state index is 12.6. The third-order valence-corrected chi connectivity index (χ3v) is 4.46. The van der Waals surface area contributed by atoms with Gasteiger partial charge in [-0.05, 0) is 56.0 Å². The Labute approximate surface area is 136 Å². The summed E-state index contributed by atoms with van der Waals surface area (Å²) in [5.41, 5.74) is 1.08. The van der Waals surface area contributed by atoms with Gasteiger partial charge in [0.05, 0.1) is 6.42 Å². The van der Waals surface area contributed by atoms with Crippen LogP contribution in [0.25, 0.3) is 0 Å². The van der Waals surface area contributed by atoms with Gasteiger partial charge in [0.25, 0.3) is 0 Å². The topological polar surface area (TPSA) is 32.3 Å². The molecule has 0 bridgehead atoms. The van der Waals surface area contributed by atoms with Crippen LogP contribution in [-0.4, -0.2) is 37.0 Å². The molecular formula is C17H25BrN2O. The lowest BCUT2D eigenvalue weighted by molar-refractivity contribution is -0.131. The Bertz CT molecular complexity index is 458. The van der Waals surface area contributed by atoms with Crippen molar-refractivity contribution in [3.05, 3.63) is 34.3 Å². The Kier molecular flexibility index (Phi) is 6.71. The smallest absolute Gasteiger partial charge is 0.226 e. The maximum absolute atomic E-state index is 12.6. The molecule has 1 amide bonds. The summed E-state index contributed by atoms with van der Waals surface area (Å²) in [5.74, 6) is 0.859. The van der Waals surface area contributed by atoms with E-state index in [-0.39, 0.29) is 5.91 Å². The van der Waals surface area contributed by atoms with Crippen LogP contribution < -0.4 is 5.32 Å². The molecule has 116 valence electrons. The van der Waals surface area contributed by atoms with E-state index in [0.717, 1.165) is 42.6 Å². The average molecular weight is 353 g/mol. The monoisotopic (exact) mass is 352 g/mol. The molecule has 1 saturated heterocycles. The molecule has 1 aromatic rings. The predicted octanol–water partition coefficient (Wildman–Crippen LogP) is 3.23. The summed E-state index contributed by atoms with van der Waals surface area (Å²) in [6.45, 7) is 6.07. The van der Waals surface area contributed by atoms with Gasteiger partial charge in [0.15, 0.2) is 0 Å². The summed E-state index contributed by atoms with van der Waals surface area (Å²) < 4.78 is 1.03. The predicted molar refractivity (Wildman–Crippen MR) is 90.3 cm³/mol. The van der Waals surface area contributed by atoms with E-state index >= 15 is 0 Å². The maximum Gasteiger partial charge on any atom is 0.226 e. The minimum absolute atomic E-state index is 0.250. The first-order valence-corrected chi connectivity index (χ1v) is 8.71. The van der Waals surface area contributed by atoms with Crippen molar-refractivity contribution in [1.82, 2.24) is 10.2 Å². The first-order valence-electron chi connectivity index (χ1n) is 7.92. The third kappa shape index (κ3) is 5.44. The van der Waals surface area contributed by atoms with Gasteiger partial charge >= 0.3 is 0 Å². The van der Waals surface area contributed by atoms with Gasteiger partial charge in [-0.3, -0.25) is 4.79 Å². The molecule has 1 aromatic carbocycles. The number of carbonyl (C=O) groups excluding carboxylic acids is 1. The first-order chi connectivity index (χ1) is 10.2. The molecule has 0 radical (unpaired) electrons. The quantitative estimate of drug-likeness (QED) is 0.852. The van der Waals surface area contributed by atoms with Crippen molar-refractivity contribution in [1.29, 1.82) is 0 Å². The molecule has 1 N–H and O–H groups in total. The molecule has 1 fully saturated rings. The van der Waals surface area contributed by atoms with Crippen LogP contribution in [0.5, 0.6) is 0 Å². The fourth-order valence-electron chi connectivity index (χ4n) is 2.91. The number of nitrogens with zero attached hydrogens (tertiary/aromatic N) is 1. The van der Waals surface area contributed by atoms with Crippen LogP contribution in [0.2, 0.25) is 0 Å². The molecule has 1 aliphatic heterocycles. The van der Waals surface area contributed by atoms with Crippen molar-refractivity contribution in [2.24, 2.45) is 5.92 Å². The Morgan fingerprint density at radius 3 is 3.00 bits per heavy atom. The van der Waals surface area contributed by atoms with Gasteiger partial charge in [-0.25, -0.2) is 0 Å². The zero-order valence-electron chi connectivity index (χ0n) is 12.8. The van der Waals surface area contributed by atoms with Gasteiger partial charge in [-0.2, -0.15) is 0 Å². The van der Waals surface area contributed by atoms with Crippen molar-refractivity contribution in [3.8, 4) is 0 Å². The second-order valence-corrected chi connectivity index (χ2v) is 6.77. The molecule has 0 aromatic heterocycles. The molecular weight excluding hydrogens is 328 g/mol. The summed E-state index contributed by atoms with van der Waals surface area (Å²) in [4.78, 5) is 14.6. The van der Waals surface area contributed by atoms with E-state index in [1.165, 1.54) is 12.8 Å². The number of hydrogen-bond donors (Lipinski definition) is 1. The van der Waals surface area contributed by atoms with E-state index in [1.54, 1.807) is 0 Å². The minimum atomic E-state index is 0.250. The molecule has 3 nitrogen and oxygen atoms in total. The number of amides is 1. The number of halogens is 1. The van der Waals surface area contributed by atoms with E-state index in [4.69, 9.17) is 0 Å². The van der Waals surface area contributed by atoms with Crippen molar-refractivity contribution >= 4 is 21.8 Å². The number of hydrogen-bond acceptors (Lipinski definition) is 2. The molecule has 1 atom stereocenters. The lowest BCUT2D eigenvalue weighted by Crippen LogP contribution is -2.42. The van der Waals surface area contributed by atoms with E-state index in [0.29, 0.717) is 12.3 Å². The second kappa shape index (κ2) is 8.54. The van der Waals surface area contributed by atoms with Crippen LogP contribution in [0.1, 0.15) is 31.7 Å². The highest BCUT2D eigenvalue weighted by molar-refractivity contribution is 9.10. The molecule has 1 unspecified atom stereocenters. The molecule has 0 spiro atoms. The summed E-state index contributed by atoms with van der Waals surface area (Å²) >= 11 is 3.47. The zero-order chi connectivity index (χ0) is 15.1. The van der Waals surface area contributed by atoms with Gasteiger partial charge < -0.3 is 10.2 Å². The number of carbonyl (C=O) groups is 1. The standard InChI is InChI=1S/C17H25BrN2O/c1-2-9-20(13-15-6-4-8-19-12-15)17(21)11-14-5-3-7-16(18)10-14/h3,5,7,10,15,19H,2,4,6,8-9,11-13H2,1H3. The van der Waals surface area contributed by atoms with E-state index in [1.807, 2.05) is 24.3 Å². The fraction of sp³-hybridized carbons (Fsp3) is 0.588. The Morgan fingerprint density at radius 1 is 1.48 bits per heavy atom. The number of nitrogens with one attached hydrogen (secondary N) is 1. The highest BCUT2D eigenvalue weighted by Gasteiger charge is 2.20. The van der Waals surface area contributed by atoms with Gasteiger partial charge in [-0.1, -0.05) is 35.0 Å². The van der Waals surface area contributed by atoms with Crippen LogP contribution in [0.15, 0.2) is 28.7 Å². The second-order valence-electron chi connectivity index (χ2n) is 5.86.